The molecular formula is C20H30O5. The molecule has 0 bridgehead atoms. The molecule has 0 saturated carbocycles. The molecule has 1 aliphatic rings. The highest BCUT2D eigenvalue weighted by Gasteiger charge is 2.28. The number of methoxy groups -OCH3 is 1. The summed E-state index contributed by atoms with van der Waals surface area (Å²) in [6.45, 7) is 6.91. The molecule has 1 N–H and O–H groups in total. The summed E-state index contributed by atoms with van der Waals surface area (Å²) < 4.78 is 10.9. The first-order valence-corrected chi connectivity index (χ1v) is 8.71. The largest absolute Gasteiger partial charge is 0.454 e. The van der Waals surface area contributed by atoms with Crippen molar-refractivity contribution in [2.24, 2.45) is 11.8 Å². The Morgan fingerprint density at radius 2 is 2.00 bits per heavy atom. The average Bonchev–Trinajstić information content (AvgIpc) is 2.56. The molecule has 0 aromatic carbocycles. The van der Waals surface area contributed by atoms with Gasteiger partial charge in [-0.3, -0.25) is 4.79 Å². The molecule has 1 aliphatic heterocycles. The van der Waals surface area contributed by atoms with Crippen molar-refractivity contribution in [3.8, 4) is 0 Å². The molecule has 0 fully saturated rings. The van der Waals surface area contributed by atoms with Gasteiger partial charge in [-0.15, -0.1) is 0 Å². The maximum absolute atomic E-state index is 12.0. The van der Waals surface area contributed by atoms with Gasteiger partial charge in [-0.2, -0.15) is 0 Å². The number of allylic oxidation sites excluding steroid dienone is 2. The van der Waals surface area contributed by atoms with Crippen LogP contribution in [0.25, 0.3) is 0 Å². The predicted octanol–water partition coefficient (Wildman–Crippen LogP) is 2.99. The van der Waals surface area contributed by atoms with E-state index in [1.54, 1.807) is 20.1 Å². The average molecular weight is 350 g/mol. The molecule has 0 radical (unpaired) electrons. The fourth-order valence-corrected chi connectivity index (χ4v) is 2.81. The summed E-state index contributed by atoms with van der Waals surface area (Å²) in [4.78, 5) is 23.8. The Hall–Kier alpha value is -1.72. The number of hydrogen-bond acceptors (Lipinski definition) is 5. The maximum atomic E-state index is 12.0. The van der Waals surface area contributed by atoms with Crippen molar-refractivity contribution in [1.82, 2.24) is 0 Å². The summed E-state index contributed by atoms with van der Waals surface area (Å²) in [6, 6.07) is 0. The van der Waals surface area contributed by atoms with Crippen LogP contribution >= 0.6 is 0 Å². The van der Waals surface area contributed by atoms with Gasteiger partial charge in [0.1, 0.15) is 18.0 Å². The summed E-state index contributed by atoms with van der Waals surface area (Å²) >= 11 is 0. The van der Waals surface area contributed by atoms with Crippen LogP contribution in [0.3, 0.4) is 0 Å². The van der Waals surface area contributed by atoms with Crippen LogP contribution < -0.4 is 0 Å². The second-order valence-corrected chi connectivity index (χ2v) is 6.63. The third-order valence-electron chi connectivity index (χ3n) is 4.54. The number of aliphatic hydroxyl groups is 1. The zero-order valence-corrected chi connectivity index (χ0v) is 15.8. The molecular weight excluding hydrogens is 320 g/mol. The highest BCUT2D eigenvalue weighted by molar-refractivity contribution is 5.83. The molecule has 0 aliphatic carbocycles. The van der Waals surface area contributed by atoms with Crippen molar-refractivity contribution in [3.63, 3.8) is 0 Å². The van der Waals surface area contributed by atoms with E-state index in [4.69, 9.17) is 9.47 Å². The van der Waals surface area contributed by atoms with Crippen molar-refractivity contribution in [1.29, 1.82) is 0 Å². The first-order valence-electron chi connectivity index (χ1n) is 8.71. The smallest absolute Gasteiger partial charge is 0.331 e. The van der Waals surface area contributed by atoms with Gasteiger partial charge < -0.3 is 14.6 Å². The molecule has 0 aromatic heterocycles. The second kappa shape index (κ2) is 10.3. The highest BCUT2D eigenvalue weighted by Crippen LogP contribution is 2.22. The van der Waals surface area contributed by atoms with Crippen molar-refractivity contribution >= 4 is 11.8 Å². The lowest BCUT2D eigenvalue weighted by Crippen LogP contribution is -2.33. The molecule has 140 valence electrons. The number of ketones is 1. The van der Waals surface area contributed by atoms with Gasteiger partial charge in [0.2, 0.25) is 0 Å². The van der Waals surface area contributed by atoms with Gasteiger partial charge >= 0.3 is 5.97 Å². The van der Waals surface area contributed by atoms with Gasteiger partial charge in [-0.25, -0.2) is 4.79 Å². The Kier molecular flexibility index (Phi) is 8.79. The van der Waals surface area contributed by atoms with E-state index in [2.05, 4.69) is 0 Å². The van der Waals surface area contributed by atoms with Gasteiger partial charge in [0.25, 0.3) is 0 Å². The summed E-state index contributed by atoms with van der Waals surface area (Å²) in [6.07, 6.45) is 8.37. The standard InChI is InChI=1S/C20H30O5/c1-13-12-14(2)20(15(3)16(4)21)25-18(22)11-9-7-6-8-10-17(24-5)19(13)23/h8-13,15,17,19-20,23H,6-7H2,1-5H3/b10-8+,11-9+,14-12-/t13-,15-,17-,19+,20+/m0/s1. The molecule has 25 heavy (non-hydrogen) atoms. The number of esters is 1. The van der Waals surface area contributed by atoms with Crippen LogP contribution in [-0.4, -0.2) is 42.3 Å². The van der Waals surface area contributed by atoms with Crippen LogP contribution in [0.2, 0.25) is 0 Å². The van der Waals surface area contributed by atoms with Crippen LogP contribution in [0.4, 0.5) is 0 Å². The molecule has 1 heterocycles. The fourth-order valence-electron chi connectivity index (χ4n) is 2.81. The van der Waals surface area contributed by atoms with E-state index in [0.29, 0.717) is 6.42 Å². The number of cyclic esters (lactones) is 1. The lowest BCUT2D eigenvalue weighted by atomic mass is 9.90. The molecule has 0 saturated heterocycles. The minimum absolute atomic E-state index is 0.0541. The van der Waals surface area contributed by atoms with Crippen molar-refractivity contribution in [2.75, 3.05) is 7.11 Å². The lowest BCUT2D eigenvalue weighted by molar-refractivity contribution is -0.145. The summed E-state index contributed by atoms with van der Waals surface area (Å²) in [7, 11) is 1.56. The van der Waals surface area contributed by atoms with Crippen LogP contribution in [-0.2, 0) is 19.1 Å². The van der Waals surface area contributed by atoms with E-state index in [1.807, 2.05) is 32.1 Å². The molecule has 0 aromatic rings. The van der Waals surface area contributed by atoms with Crippen LogP contribution in [0, 0.1) is 11.8 Å². The Bertz CT molecular complexity index is 546. The predicted molar refractivity (Wildman–Crippen MR) is 97.0 cm³/mol. The minimum Gasteiger partial charge on any atom is -0.454 e. The van der Waals surface area contributed by atoms with E-state index in [9.17, 15) is 14.7 Å². The second-order valence-electron chi connectivity index (χ2n) is 6.63. The number of ether oxygens (including phenoxy) is 2. The normalized spacial score (nSPS) is 34.8. The lowest BCUT2D eigenvalue weighted by Gasteiger charge is -2.26. The molecule has 0 spiro atoms. The Balaban J connectivity index is 3.19. The van der Waals surface area contributed by atoms with E-state index in [1.165, 1.54) is 13.0 Å². The number of hydrogen-bond donors (Lipinski definition) is 1. The molecule has 5 atom stereocenters. The van der Waals surface area contributed by atoms with E-state index < -0.39 is 30.2 Å². The van der Waals surface area contributed by atoms with Gasteiger partial charge in [-0.1, -0.05) is 38.2 Å². The van der Waals surface area contributed by atoms with Crippen molar-refractivity contribution in [3.05, 3.63) is 36.0 Å². The Labute approximate surface area is 150 Å². The van der Waals surface area contributed by atoms with Gasteiger partial charge in [-0.05, 0) is 32.3 Å². The topological polar surface area (TPSA) is 72.8 Å². The van der Waals surface area contributed by atoms with Crippen LogP contribution in [0.5, 0.6) is 0 Å². The molecule has 1 rings (SSSR count). The van der Waals surface area contributed by atoms with E-state index >= 15 is 0 Å². The number of Topliss-reactive ketones (excluding diaryl/α,β-unsaturated/α-hetero) is 1. The monoisotopic (exact) mass is 350 g/mol. The van der Waals surface area contributed by atoms with Crippen molar-refractivity contribution < 1.29 is 24.2 Å². The van der Waals surface area contributed by atoms with Gasteiger partial charge in [0.15, 0.2) is 0 Å². The summed E-state index contributed by atoms with van der Waals surface area (Å²) in [5, 5.41) is 10.5. The number of carbonyl (C=O) groups excluding carboxylic acids is 2. The highest BCUT2D eigenvalue weighted by atomic mass is 16.5. The van der Waals surface area contributed by atoms with Crippen molar-refractivity contribution in [2.45, 2.75) is 58.8 Å². The Morgan fingerprint density at radius 3 is 2.60 bits per heavy atom. The van der Waals surface area contributed by atoms with Crippen LogP contribution in [0.1, 0.15) is 40.5 Å². The third-order valence-corrected chi connectivity index (χ3v) is 4.54. The molecule has 0 unspecified atom stereocenters. The van der Waals surface area contributed by atoms with Gasteiger partial charge in [0.05, 0.1) is 12.0 Å². The molecule has 5 heteroatoms. The van der Waals surface area contributed by atoms with E-state index in [-0.39, 0.29) is 11.7 Å². The zero-order chi connectivity index (χ0) is 19.0. The minimum atomic E-state index is -0.737. The summed E-state index contributed by atoms with van der Waals surface area (Å²) in [5.74, 6) is -1.20. The third kappa shape index (κ3) is 6.59. The maximum Gasteiger partial charge on any atom is 0.331 e. The Morgan fingerprint density at radius 1 is 1.36 bits per heavy atom. The number of carbonyl (C=O) groups is 2. The first-order chi connectivity index (χ1) is 11.8. The first kappa shape index (κ1) is 21.3. The van der Waals surface area contributed by atoms with Gasteiger partial charge in [0, 0.05) is 19.1 Å². The van der Waals surface area contributed by atoms with Crippen LogP contribution in [0.15, 0.2) is 36.0 Å². The quantitative estimate of drug-likeness (QED) is 0.626. The fraction of sp³-hybridized carbons (Fsp3) is 0.600. The zero-order valence-electron chi connectivity index (χ0n) is 15.8. The number of rotatable bonds is 3. The van der Waals surface area contributed by atoms with E-state index in [0.717, 1.165) is 12.0 Å². The molecule has 0 amide bonds. The SMILES string of the molecule is CO[C@H]1/C=C/CC/C=C/C(=O)O[C@@H]([C@@H](C)C(C)=O)/C(C)=C\[C@H](C)[C@H]1O. The molecule has 5 nitrogen and oxygen atoms in total. The number of aliphatic hydroxyl groups excluding tert-OH is 1. The summed E-state index contributed by atoms with van der Waals surface area (Å²) in [5.41, 5.74) is 0.742.